The number of thioether (sulfide) groups is 1. The van der Waals surface area contributed by atoms with Gasteiger partial charge in [0.05, 0.1) is 17.5 Å². The number of carbonyl (C=O) groups excluding carboxylic acids is 1. The predicted molar refractivity (Wildman–Crippen MR) is 87.6 cm³/mol. The van der Waals surface area contributed by atoms with Gasteiger partial charge in [0, 0.05) is 11.0 Å². The molecule has 2 aromatic rings. The van der Waals surface area contributed by atoms with Gasteiger partial charge in [-0.1, -0.05) is 19.1 Å². The number of hydrogen-bond acceptors (Lipinski definition) is 3. The molecule has 0 saturated carbocycles. The fourth-order valence-electron chi connectivity index (χ4n) is 1.95. The molecule has 0 radical (unpaired) electrons. The SMILES string of the molecule is CC[C@H](C)n1nccc1NC(=O)[C@H](C)Sc1ccccc1F. The molecule has 0 aliphatic rings. The number of rotatable bonds is 6. The quantitative estimate of drug-likeness (QED) is 0.814. The molecule has 118 valence electrons. The molecule has 2 rings (SSSR count). The number of aromatic nitrogens is 2. The van der Waals surface area contributed by atoms with Crippen molar-refractivity contribution in [3.05, 3.63) is 42.3 Å². The van der Waals surface area contributed by atoms with Crippen LogP contribution in [0.2, 0.25) is 0 Å². The fourth-order valence-corrected chi connectivity index (χ4v) is 2.83. The lowest BCUT2D eigenvalue weighted by molar-refractivity contribution is -0.115. The van der Waals surface area contributed by atoms with Gasteiger partial charge in [0.15, 0.2) is 0 Å². The molecule has 1 N–H and O–H groups in total. The van der Waals surface area contributed by atoms with E-state index in [0.29, 0.717) is 10.7 Å². The molecule has 1 aromatic heterocycles. The zero-order valence-electron chi connectivity index (χ0n) is 12.9. The Morgan fingerprint density at radius 3 is 2.77 bits per heavy atom. The topological polar surface area (TPSA) is 46.9 Å². The highest BCUT2D eigenvalue weighted by molar-refractivity contribution is 8.00. The molecule has 1 amide bonds. The van der Waals surface area contributed by atoms with E-state index in [4.69, 9.17) is 0 Å². The van der Waals surface area contributed by atoms with Gasteiger partial charge in [0.1, 0.15) is 11.6 Å². The predicted octanol–water partition coefficient (Wildman–Crippen LogP) is 4.11. The Labute approximate surface area is 134 Å². The minimum absolute atomic E-state index is 0.168. The van der Waals surface area contributed by atoms with Crippen molar-refractivity contribution in [2.75, 3.05) is 5.32 Å². The molecule has 0 saturated heterocycles. The van der Waals surface area contributed by atoms with E-state index in [2.05, 4.69) is 17.3 Å². The van der Waals surface area contributed by atoms with Crippen molar-refractivity contribution < 1.29 is 9.18 Å². The number of halogens is 1. The summed E-state index contributed by atoms with van der Waals surface area (Å²) in [5.41, 5.74) is 0. The maximum absolute atomic E-state index is 13.6. The Morgan fingerprint density at radius 1 is 1.36 bits per heavy atom. The van der Waals surface area contributed by atoms with Crippen molar-refractivity contribution in [3.8, 4) is 0 Å². The number of nitrogens with one attached hydrogen (secondary N) is 1. The molecule has 1 aromatic carbocycles. The number of anilines is 1. The van der Waals surface area contributed by atoms with E-state index in [1.54, 1.807) is 42.1 Å². The summed E-state index contributed by atoms with van der Waals surface area (Å²) in [4.78, 5) is 12.8. The average molecular weight is 321 g/mol. The Balaban J connectivity index is 2.03. The molecule has 0 aliphatic carbocycles. The first kappa shape index (κ1) is 16.5. The van der Waals surface area contributed by atoms with Crippen molar-refractivity contribution >= 4 is 23.5 Å². The van der Waals surface area contributed by atoms with Crippen LogP contribution in [-0.4, -0.2) is 20.9 Å². The Bertz CT molecular complexity index is 644. The molecule has 0 fully saturated rings. The molecule has 0 aliphatic heterocycles. The van der Waals surface area contributed by atoms with Crippen LogP contribution in [0.4, 0.5) is 10.2 Å². The number of carbonyl (C=O) groups is 1. The Morgan fingerprint density at radius 2 is 2.09 bits per heavy atom. The van der Waals surface area contributed by atoms with Crippen LogP contribution in [0, 0.1) is 5.82 Å². The van der Waals surface area contributed by atoms with Gasteiger partial charge in [-0.25, -0.2) is 9.07 Å². The Hall–Kier alpha value is -1.82. The van der Waals surface area contributed by atoms with Gasteiger partial charge in [-0.05, 0) is 32.4 Å². The van der Waals surface area contributed by atoms with Crippen LogP contribution in [0.5, 0.6) is 0 Å². The van der Waals surface area contributed by atoms with Crippen LogP contribution in [0.15, 0.2) is 41.4 Å². The molecule has 0 spiro atoms. The van der Waals surface area contributed by atoms with Crippen molar-refractivity contribution in [1.82, 2.24) is 9.78 Å². The van der Waals surface area contributed by atoms with Crippen molar-refractivity contribution in [2.24, 2.45) is 0 Å². The third kappa shape index (κ3) is 3.88. The summed E-state index contributed by atoms with van der Waals surface area (Å²) in [7, 11) is 0. The normalized spacial score (nSPS) is 13.6. The maximum atomic E-state index is 13.6. The van der Waals surface area contributed by atoms with Crippen LogP contribution in [0.3, 0.4) is 0 Å². The summed E-state index contributed by atoms with van der Waals surface area (Å²) in [6.07, 6.45) is 2.58. The second-order valence-corrected chi connectivity index (χ2v) is 6.48. The molecule has 0 bridgehead atoms. The smallest absolute Gasteiger partial charge is 0.238 e. The van der Waals surface area contributed by atoms with Crippen LogP contribution in [-0.2, 0) is 4.79 Å². The molecule has 0 unspecified atom stereocenters. The van der Waals surface area contributed by atoms with Crippen LogP contribution in [0.25, 0.3) is 0 Å². The summed E-state index contributed by atoms with van der Waals surface area (Å²) in [6, 6.07) is 8.44. The highest BCUT2D eigenvalue weighted by Gasteiger charge is 2.18. The standard InChI is InChI=1S/C16H20FN3OS/c1-4-11(2)20-15(9-10-18-20)19-16(21)12(3)22-14-8-6-5-7-13(14)17/h5-12H,4H2,1-3H3,(H,19,21)/t11-,12-/m0/s1. The lowest BCUT2D eigenvalue weighted by atomic mass is 10.3. The maximum Gasteiger partial charge on any atom is 0.238 e. The van der Waals surface area contributed by atoms with Crippen LogP contribution in [0.1, 0.15) is 33.2 Å². The highest BCUT2D eigenvalue weighted by atomic mass is 32.2. The third-order valence-corrected chi connectivity index (χ3v) is 4.59. The van der Waals surface area contributed by atoms with Gasteiger partial charge >= 0.3 is 0 Å². The first-order chi connectivity index (χ1) is 10.5. The van der Waals surface area contributed by atoms with Crippen LogP contribution >= 0.6 is 11.8 Å². The van der Waals surface area contributed by atoms with E-state index in [-0.39, 0.29) is 17.8 Å². The zero-order chi connectivity index (χ0) is 16.1. The molecule has 6 heteroatoms. The monoisotopic (exact) mass is 321 g/mol. The largest absolute Gasteiger partial charge is 0.310 e. The molecule has 1 heterocycles. The van der Waals surface area contributed by atoms with E-state index in [1.165, 1.54) is 17.8 Å². The van der Waals surface area contributed by atoms with E-state index in [1.807, 2.05) is 6.92 Å². The molecule has 4 nitrogen and oxygen atoms in total. The summed E-state index contributed by atoms with van der Waals surface area (Å²) >= 11 is 1.20. The second kappa shape index (κ2) is 7.45. The third-order valence-electron chi connectivity index (χ3n) is 3.44. The highest BCUT2D eigenvalue weighted by Crippen LogP contribution is 2.27. The molecule has 2 atom stereocenters. The van der Waals surface area contributed by atoms with Crippen LogP contribution < -0.4 is 5.32 Å². The molecule has 22 heavy (non-hydrogen) atoms. The summed E-state index contributed by atoms with van der Waals surface area (Å²) in [6.45, 7) is 5.87. The van der Waals surface area contributed by atoms with E-state index in [9.17, 15) is 9.18 Å². The number of hydrogen-bond donors (Lipinski definition) is 1. The van der Waals surface area contributed by atoms with E-state index >= 15 is 0 Å². The summed E-state index contributed by atoms with van der Waals surface area (Å²) in [5, 5.41) is 6.69. The van der Waals surface area contributed by atoms with E-state index in [0.717, 1.165) is 6.42 Å². The second-order valence-electron chi connectivity index (χ2n) is 5.10. The van der Waals surface area contributed by atoms with Gasteiger partial charge in [0.2, 0.25) is 5.91 Å². The molecular weight excluding hydrogens is 301 g/mol. The summed E-state index contributed by atoms with van der Waals surface area (Å²) < 4.78 is 15.4. The minimum Gasteiger partial charge on any atom is -0.310 e. The summed E-state index contributed by atoms with van der Waals surface area (Å²) in [5.74, 6) is 0.190. The van der Waals surface area contributed by atoms with E-state index < -0.39 is 5.25 Å². The van der Waals surface area contributed by atoms with Crippen molar-refractivity contribution in [2.45, 2.75) is 43.4 Å². The van der Waals surface area contributed by atoms with Crippen molar-refractivity contribution in [3.63, 3.8) is 0 Å². The lowest BCUT2D eigenvalue weighted by Gasteiger charge is -2.16. The minimum atomic E-state index is -0.405. The first-order valence-electron chi connectivity index (χ1n) is 7.28. The first-order valence-corrected chi connectivity index (χ1v) is 8.16. The van der Waals surface area contributed by atoms with Gasteiger partial charge < -0.3 is 5.32 Å². The number of benzene rings is 1. The Kier molecular flexibility index (Phi) is 5.60. The number of nitrogens with zero attached hydrogens (tertiary/aromatic N) is 2. The van der Waals surface area contributed by atoms with Crippen molar-refractivity contribution in [1.29, 1.82) is 0 Å². The van der Waals surface area contributed by atoms with Gasteiger partial charge in [-0.15, -0.1) is 11.8 Å². The molecular formula is C16H20FN3OS. The van der Waals surface area contributed by atoms with Gasteiger partial charge in [0.25, 0.3) is 0 Å². The lowest BCUT2D eigenvalue weighted by Crippen LogP contribution is -2.24. The van der Waals surface area contributed by atoms with Gasteiger partial charge in [-0.2, -0.15) is 5.10 Å². The van der Waals surface area contributed by atoms with Gasteiger partial charge in [-0.3, -0.25) is 4.79 Å². The number of amides is 1. The fraction of sp³-hybridized carbons (Fsp3) is 0.375. The zero-order valence-corrected chi connectivity index (χ0v) is 13.7. The average Bonchev–Trinajstić information content (AvgIpc) is 2.96.